The maximum absolute atomic E-state index is 13.1. The summed E-state index contributed by atoms with van der Waals surface area (Å²) < 4.78 is 5.76. The maximum Gasteiger partial charge on any atom is 0.261 e. The first kappa shape index (κ1) is 23.7. The van der Waals surface area contributed by atoms with Gasteiger partial charge in [0, 0.05) is 17.6 Å². The second-order valence-corrected chi connectivity index (χ2v) is 8.39. The van der Waals surface area contributed by atoms with Crippen LogP contribution >= 0.6 is 11.6 Å². The van der Waals surface area contributed by atoms with Crippen molar-refractivity contribution in [3.05, 3.63) is 63.7 Å². The van der Waals surface area contributed by atoms with Crippen LogP contribution < -0.4 is 10.1 Å². The summed E-state index contributed by atoms with van der Waals surface area (Å²) >= 11 is 6.21. The summed E-state index contributed by atoms with van der Waals surface area (Å²) in [6.07, 6.45) is 0. The molecule has 162 valence electrons. The highest BCUT2D eigenvalue weighted by Crippen LogP contribution is 2.26. The van der Waals surface area contributed by atoms with Gasteiger partial charge in [0.15, 0.2) is 6.61 Å². The van der Waals surface area contributed by atoms with E-state index in [9.17, 15) is 9.59 Å². The van der Waals surface area contributed by atoms with Gasteiger partial charge in [-0.25, -0.2) is 0 Å². The van der Waals surface area contributed by atoms with E-state index >= 15 is 0 Å². The topological polar surface area (TPSA) is 58.6 Å². The molecule has 0 bridgehead atoms. The molecule has 2 amide bonds. The summed E-state index contributed by atoms with van der Waals surface area (Å²) in [5.41, 5.74) is 3.84. The first-order chi connectivity index (χ1) is 14.1. The fraction of sp³-hybridized carbons (Fsp3) is 0.417. The Labute approximate surface area is 184 Å². The minimum Gasteiger partial charge on any atom is -0.484 e. The van der Waals surface area contributed by atoms with E-state index in [1.54, 1.807) is 11.8 Å². The molecule has 5 nitrogen and oxygen atoms in total. The molecule has 0 unspecified atom stereocenters. The van der Waals surface area contributed by atoms with Crippen molar-refractivity contribution in [2.75, 3.05) is 6.61 Å². The predicted molar refractivity (Wildman–Crippen MR) is 121 cm³/mol. The van der Waals surface area contributed by atoms with Crippen LogP contribution in [0, 0.1) is 20.8 Å². The predicted octanol–water partition coefficient (Wildman–Crippen LogP) is 4.59. The molecule has 0 aliphatic rings. The molecular formula is C24H31ClN2O3. The van der Waals surface area contributed by atoms with E-state index in [4.69, 9.17) is 16.3 Å². The first-order valence-corrected chi connectivity index (χ1v) is 10.5. The third-order valence-corrected chi connectivity index (χ3v) is 5.40. The molecule has 2 rings (SSSR count). The Hall–Kier alpha value is -2.53. The van der Waals surface area contributed by atoms with Crippen molar-refractivity contribution >= 4 is 23.4 Å². The minimum absolute atomic E-state index is 0.00728. The molecule has 0 saturated heterocycles. The van der Waals surface area contributed by atoms with Gasteiger partial charge >= 0.3 is 0 Å². The summed E-state index contributed by atoms with van der Waals surface area (Å²) in [6, 6.07) is 10.9. The monoisotopic (exact) mass is 430 g/mol. The smallest absolute Gasteiger partial charge is 0.261 e. The summed E-state index contributed by atoms with van der Waals surface area (Å²) in [7, 11) is 0. The van der Waals surface area contributed by atoms with Crippen molar-refractivity contribution in [1.82, 2.24) is 10.2 Å². The molecule has 6 heteroatoms. The third-order valence-electron chi connectivity index (χ3n) is 4.81. The number of halogens is 1. The zero-order valence-electron chi connectivity index (χ0n) is 18.6. The van der Waals surface area contributed by atoms with Crippen molar-refractivity contribution in [1.29, 1.82) is 0 Å². The molecule has 0 aliphatic carbocycles. The largest absolute Gasteiger partial charge is 0.484 e. The van der Waals surface area contributed by atoms with Gasteiger partial charge in [0.2, 0.25) is 5.91 Å². The van der Waals surface area contributed by atoms with E-state index < -0.39 is 6.04 Å². The first-order valence-electron chi connectivity index (χ1n) is 10.1. The molecular weight excluding hydrogens is 400 g/mol. The highest BCUT2D eigenvalue weighted by atomic mass is 35.5. The summed E-state index contributed by atoms with van der Waals surface area (Å²) in [4.78, 5) is 27.2. The Morgan fingerprint density at radius 3 is 2.27 bits per heavy atom. The number of benzene rings is 2. The van der Waals surface area contributed by atoms with Gasteiger partial charge in [-0.2, -0.15) is 0 Å². The molecule has 30 heavy (non-hydrogen) atoms. The van der Waals surface area contributed by atoms with Crippen LogP contribution in [0.1, 0.15) is 43.0 Å². The number of aryl methyl sites for hydroxylation is 3. The zero-order chi connectivity index (χ0) is 22.4. The van der Waals surface area contributed by atoms with Crippen LogP contribution in [0.5, 0.6) is 5.75 Å². The number of hydrogen-bond acceptors (Lipinski definition) is 3. The molecule has 2 aromatic carbocycles. The van der Waals surface area contributed by atoms with Gasteiger partial charge < -0.3 is 15.0 Å². The van der Waals surface area contributed by atoms with Crippen LogP contribution in [-0.4, -0.2) is 35.4 Å². The van der Waals surface area contributed by atoms with Crippen LogP contribution in [0.3, 0.4) is 0 Å². The van der Waals surface area contributed by atoms with Gasteiger partial charge in [0.1, 0.15) is 11.8 Å². The molecule has 0 heterocycles. The molecule has 0 radical (unpaired) electrons. The van der Waals surface area contributed by atoms with Crippen molar-refractivity contribution in [3.63, 3.8) is 0 Å². The van der Waals surface area contributed by atoms with Gasteiger partial charge in [0.25, 0.3) is 5.91 Å². The average molecular weight is 431 g/mol. The lowest BCUT2D eigenvalue weighted by atomic mass is 10.1. The standard InChI is InChI=1S/C24H31ClN2O3/c1-15(2)26-24(29)19(6)27(13-20-9-7-8-16(3)10-20)22(28)14-30-21-11-17(4)23(25)18(5)12-21/h7-12,15,19H,13-14H2,1-6H3,(H,26,29)/t19-/m1/s1. The van der Waals surface area contributed by atoms with Crippen LogP contribution in [0.4, 0.5) is 0 Å². The number of carbonyl (C=O) groups excluding carboxylic acids is 2. The Morgan fingerprint density at radius 1 is 1.07 bits per heavy atom. The number of nitrogens with zero attached hydrogens (tertiary/aromatic N) is 1. The highest BCUT2D eigenvalue weighted by molar-refractivity contribution is 6.32. The van der Waals surface area contributed by atoms with Gasteiger partial charge in [-0.05, 0) is 70.4 Å². The van der Waals surface area contributed by atoms with E-state index in [0.29, 0.717) is 17.3 Å². The molecule has 0 aromatic heterocycles. The van der Waals surface area contributed by atoms with E-state index in [-0.39, 0.29) is 24.5 Å². The van der Waals surface area contributed by atoms with E-state index in [0.717, 1.165) is 22.3 Å². The van der Waals surface area contributed by atoms with E-state index in [1.165, 1.54) is 0 Å². The summed E-state index contributed by atoms with van der Waals surface area (Å²) in [5, 5.41) is 3.57. The fourth-order valence-electron chi connectivity index (χ4n) is 3.21. The van der Waals surface area contributed by atoms with Crippen molar-refractivity contribution in [3.8, 4) is 5.75 Å². The SMILES string of the molecule is Cc1cccc(CN(C(=O)COc2cc(C)c(Cl)c(C)c2)[C@H](C)C(=O)NC(C)C)c1. The maximum atomic E-state index is 13.1. The second kappa shape index (κ2) is 10.5. The molecule has 1 N–H and O–H groups in total. The second-order valence-electron chi connectivity index (χ2n) is 8.01. The van der Waals surface area contributed by atoms with Crippen LogP contribution in [0.15, 0.2) is 36.4 Å². The van der Waals surface area contributed by atoms with Crippen LogP contribution in [0.25, 0.3) is 0 Å². The number of amides is 2. The van der Waals surface area contributed by atoms with E-state index in [1.807, 2.05) is 71.0 Å². The number of nitrogens with one attached hydrogen (secondary N) is 1. The lowest BCUT2D eigenvalue weighted by Gasteiger charge is -2.29. The van der Waals surface area contributed by atoms with Gasteiger partial charge in [-0.1, -0.05) is 41.4 Å². The van der Waals surface area contributed by atoms with Crippen LogP contribution in [-0.2, 0) is 16.1 Å². The van der Waals surface area contributed by atoms with Gasteiger partial charge in [0.05, 0.1) is 0 Å². The van der Waals surface area contributed by atoms with Crippen molar-refractivity contribution < 1.29 is 14.3 Å². The molecule has 1 atom stereocenters. The Morgan fingerprint density at radius 2 is 1.70 bits per heavy atom. The number of carbonyl (C=O) groups is 2. The van der Waals surface area contributed by atoms with Crippen molar-refractivity contribution in [2.45, 2.75) is 60.2 Å². The van der Waals surface area contributed by atoms with Crippen molar-refractivity contribution in [2.24, 2.45) is 0 Å². The quantitative estimate of drug-likeness (QED) is 0.666. The minimum atomic E-state index is -0.627. The highest BCUT2D eigenvalue weighted by Gasteiger charge is 2.27. The van der Waals surface area contributed by atoms with Crippen LogP contribution in [0.2, 0.25) is 5.02 Å². The normalized spacial score (nSPS) is 11.9. The number of ether oxygens (including phenoxy) is 1. The Balaban J connectivity index is 2.19. The molecule has 0 spiro atoms. The fourth-order valence-corrected chi connectivity index (χ4v) is 3.32. The number of hydrogen-bond donors (Lipinski definition) is 1. The zero-order valence-corrected chi connectivity index (χ0v) is 19.3. The molecule has 0 aliphatic heterocycles. The molecule has 2 aromatic rings. The molecule has 0 saturated carbocycles. The Kier molecular flexibility index (Phi) is 8.30. The lowest BCUT2D eigenvalue weighted by molar-refractivity contribution is -0.142. The summed E-state index contributed by atoms with van der Waals surface area (Å²) in [6.45, 7) is 11.5. The van der Waals surface area contributed by atoms with E-state index in [2.05, 4.69) is 5.32 Å². The average Bonchev–Trinajstić information content (AvgIpc) is 2.67. The number of rotatable bonds is 8. The summed E-state index contributed by atoms with van der Waals surface area (Å²) in [5.74, 6) is 0.134. The van der Waals surface area contributed by atoms with Gasteiger partial charge in [-0.3, -0.25) is 9.59 Å². The van der Waals surface area contributed by atoms with Gasteiger partial charge in [-0.15, -0.1) is 0 Å². The molecule has 0 fully saturated rings. The Bertz CT molecular complexity index is 888. The lowest BCUT2D eigenvalue weighted by Crippen LogP contribution is -2.50. The third kappa shape index (κ3) is 6.49.